The summed E-state index contributed by atoms with van der Waals surface area (Å²) < 4.78 is 5.20. The lowest BCUT2D eigenvalue weighted by molar-refractivity contribution is 0.0798. The molecule has 1 heterocycles. The van der Waals surface area contributed by atoms with Crippen molar-refractivity contribution >= 4 is 5.84 Å². The lowest BCUT2D eigenvalue weighted by atomic mass is 9.95. The monoisotopic (exact) mass is 227 g/mol. The van der Waals surface area contributed by atoms with E-state index in [1.54, 1.807) is 7.11 Å². The molecule has 1 rings (SSSR count). The Labute approximate surface area is 98.6 Å². The van der Waals surface area contributed by atoms with Crippen molar-refractivity contribution in [3.63, 3.8) is 0 Å². The minimum atomic E-state index is 0.311. The second kappa shape index (κ2) is 6.86. The summed E-state index contributed by atoms with van der Waals surface area (Å²) in [5, 5.41) is 7.38. The Morgan fingerprint density at radius 2 is 2.12 bits per heavy atom. The van der Waals surface area contributed by atoms with Gasteiger partial charge in [0, 0.05) is 26.2 Å². The molecule has 0 amide bonds. The van der Waals surface area contributed by atoms with Gasteiger partial charge in [0.25, 0.3) is 0 Å². The van der Waals surface area contributed by atoms with Crippen molar-refractivity contribution in [1.29, 1.82) is 5.41 Å². The van der Waals surface area contributed by atoms with Gasteiger partial charge in [-0.1, -0.05) is 6.92 Å². The first-order valence-corrected chi connectivity index (χ1v) is 6.23. The molecule has 1 saturated heterocycles. The van der Waals surface area contributed by atoms with Crippen molar-refractivity contribution in [1.82, 2.24) is 4.90 Å². The number of likely N-dealkylation sites (tertiary alicyclic amines) is 1. The van der Waals surface area contributed by atoms with Gasteiger partial charge in [0.1, 0.15) is 0 Å². The van der Waals surface area contributed by atoms with Crippen molar-refractivity contribution in [2.75, 3.05) is 26.8 Å². The summed E-state index contributed by atoms with van der Waals surface area (Å²) in [5.41, 5.74) is 5.49. The van der Waals surface area contributed by atoms with Crippen molar-refractivity contribution in [3.8, 4) is 0 Å². The first kappa shape index (κ1) is 13.5. The van der Waals surface area contributed by atoms with Gasteiger partial charge in [-0.3, -0.25) is 10.3 Å². The number of piperidine rings is 1. The molecule has 0 aromatic heterocycles. The predicted molar refractivity (Wildman–Crippen MR) is 66.8 cm³/mol. The second-order valence-electron chi connectivity index (χ2n) is 4.73. The Kier molecular flexibility index (Phi) is 5.77. The van der Waals surface area contributed by atoms with Gasteiger partial charge in [-0.05, 0) is 38.3 Å². The number of amidine groups is 1. The first-order chi connectivity index (χ1) is 7.67. The molecule has 94 valence electrons. The maximum absolute atomic E-state index is 7.38. The fourth-order valence-electron chi connectivity index (χ4n) is 2.51. The third-order valence-corrected chi connectivity index (χ3v) is 3.49. The van der Waals surface area contributed by atoms with Crippen LogP contribution < -0.4 is 5.73 Å². The standard InChI is InChI=1S/C12H25N3O/c1-3-11(8-12(13)14)15-6-4-10(5-7-15)9-16-2/h10-11H,3-9H2,1-2H3,(H3,13,14). The highest BCUT2D eigenvalue weighted by atomic mass is 16.5. The average Bonchev–Trinajstić information content (AvgIpc) is 2.27. The van der Waals surface area contributed by atoms with E-state index in [9.17, 15) is 0 Å². The van der Waals surface area contributed by atoms with E-state index in [4.69, 9.17) is 15.9 Å². The van der Waals surface area contributed by atoms with Crippen LogP contribution in [-0.2, 0) is 4.74 Å². The van der Waals surface area contributed by atoms with Gasteiger partial charge in [-0.15, -0.1) is 0 Å². The van der Waals surface area contributed by atoms with Crippen molar-refractivity contribution in [3.05, 3.63) is 0 Å². The zero-order chi connectivity index (χ0) is 12.0. The van der Waals surface area contributed by atoms with Gasteiger partial charge < -0.3 is 10.5 Å². The van der Waals surface area contributed by atoms with Crippen LogP contribution >= 0.6 is 0 Å². The summed E-state index contributed by atoms with van der Waals surface area (Å²) in [6.07, 6.45) is 4.21. The van der Waals surface area contributed by atoms with E-state index < -0.39 is 0 Å². The Balaban J connectivity index is 2.35. The lowest BCUT2D eigenvalue weighted by Gasteiger charge is -2.37. The zero-order valence-electron chi connectivity index (χ0n) is 10.5. The van der Waals surface area contributed by atoms with E-state index in [-0.39, 0.29) is 0 Å². The highest BCUT2D eigenvalue weighted by Crippen LogP contribution is 2.21. The molecule has 3 N–H and O–H groups in total. The quantitative estimate of drug-likeness (QED) is 0.533. The van der Waals surface area contributed by atoms with Crippen molar-refractivity contribution < 1.29 is 4.74 Å². The summed E-state index contributed by atoms with van der Waals surface area (Å²) in [5.74, 6) is 1.03. The molecule has 1 atom stereocenters. The number of nitrogens with two attached hydrogens (primary N) is 1. The number of rotatable bonds is 6. The van der Waals surface area contributed by atoms with Crippen LogP contribution in [0.4, 0.5) is 0 Å². The normalized spacial score (nSPS) is 20.9. The molecule has 0 bridgehead atoms. The Morgan fingerprint density at radius 3 is 2.56 bits per heavy atom. The molecule has 0 aromatic rings. The largest absolute Gasteiger partial charge is 0.388 e. The first-order valence-electron chi connectivity index (χ1n) is 6.23. The molecular weight excluding hydrogens is 202 g/mol. The van der Waals surface area contributed by atoms with Crippen LogP contribution in [0, 0.1) is 11.3 Å². The molecule has 1 aliphatic rings. The van der Waals surface area contributed by atoms with E-state index in [1.165, 1.54) is 12.8 Å². The summed E-state index contributed by atoms with van der Waals surface area (Å²) in [7, 11) is 1.77. The Morgan fingerprint density at radius 1 is 1.50 bits per heavy atom. The van der Waals surface area contributed by atoms with E-state index in [0.717, 1.165) is 32.0 Å². The number of hydrogen-bond donors (Lipinski definition) is 2. The van der Waals surface area contributed by atoms with E-state index >= 15 is 0 Å². The van der Waals surface area contributed by atoms with Crippen LogP contribution in [0.25, 0.3) is 0 Å². The molecule has 1 unspecified atom stereocenters. The second-order valence-corrected chi connectivity index (χ2v) is 4.73. The molecule has 1 aliphatic heterocycles. The minimum Gasteiger partial charge on any atom is -0.388 e. The van der Waals surface area contributed by atoms with Crippen LogP contribution in [0.15, 0.2) is 0 Å². The predicted octanol–water partition coefficient (Wildman–Crippen LogP) is 1.45. The number of ether oxygens (including phenoxy) is 1. The molecule has 0 aliphatic carbocycles. The number of hydrogen-bond acceptors (Lipinski definition) is 3. The van der Waals surface area contributed by atoms with Crippen LogP contribution in [0.5, 0.6) is 0 Å². The maximum Gasteiger partial charge on any atom is 0.0921 e. The smallest absolute Gasteiger partial charge is 0.0921 e. The molecule has 0 radical (unpaired) electrons. The van der Waals surface area contributed by atoms with Crippen molar-refractivity contribution in [2.24, 2.45) is 11.7 Å². The third kappa shape index (κ3) is 4.10. The third-order valence-electron chi connectivity index (χ3n) is 3.49. The molecular formula is C12H25N3O. The Bertz CT molecular complexity index is 212. The van der Waals surface area contributed by atoms with Gasteiger partial charge in [0.15, 0.2) is 0 Å². The fourth-order valence-corrected chi connectivity index (χ4v) is 2.51. The maximum atomic E-state index is 7.38. The summed E-state index contributed by atoms with van der Waals surface area (Å²) in [4.78, 5) is 2.48. The average molecular weight is 227 g/mol. The van der Waals surface area contributed by atoms with Gasteiger partial charge >= 0.3 is 0 Å². The van der Waals surface area contributed by atoms with Crippen LogP contribution in [-0.4, -0.2) is 43.6 Å². The van der Waals surface area contributed by atoms with Gasteiger partial charge in [0.2, 0.25) is 0 Å². The van der Waals surface area contributed by atoms with Gasteiger partial charge in [0.05, 0.1) is 5.84 Å². The highest BCUT2D eigenvalue weighted by Gasteiger charge is 2.24. The SMILES string of the molecule is CCC(CC(=N)N)N1CCC(COC)CC1. The number of nitrogens with zero attached hydrogens (tertiary/aromatic N) is 1. The topological polar surface area (TPSA) is 62.3 Å². The van der Waals surface area contributed by atoms with Gasteiger partial charge in [-0.25, -0.2) is 0 Å². The number of methoxy groups -OCH3 is 1. The van der Waals surface area contributed by atoms with Crippen LogP contribution in [0.3, 0.4) is 0 Å². The molecule has 0 spiro atoms. The van der Waals surface area contributed by atoms with E-state index in [2.05, 4.69) is 11.8 Å². The molecule has 16 heavy (non-hydrogen) atoms. The fraction of sp³-hybridized carbons (Fsp3) is 0.917. The minimum absolute atomic E-state index is 0.311. The summed E-state index contributed by atoms with van der Waals surface area (Å²) in [6.45, 7) is 5.31. The zero-order valence-corrected chi connectivity index (χ0v) is 10.5. The van der Waals surface area contributed by atoms with E-state index in [1.807, 2.05) is 0 Å². The highest BCUT2D eigenvalue weighted by molar-refractivity contribution is 5.77. The molecule has 0 saturated carbocycles. The molecule has 0 aromatic carbocycles. The van der Waals surface area contributed by atoms with Crippen LogP contribution in [0.2, 0.25) is 0 Å². The summed E-state index contributed by atoms with van der Waals surface area (Å²) in [6, 6.07) is 0.459. The summed E-state index contributed by atoms with van der Waals surface area (Å²) >= 11 is 0. The lowest BCUT2D eigenvalue weighted by Crippen LogP contribution is -2.43. The van der Waals surface area contributed by atoms with E-state index in [0.29, 0.717) is 18.3 Å². The molecule has 4 heteroatoms. The van der Waals surface area contributed by atoms with Crippen molar-refractivity contribution in [2.45, 2.75) is 38.6 Å². The van der Waals surface area contributed by atoms with Crippen LogP contribution in [0.1, 0.15) is 32.6 Å². The molecule has 4 nitrogen and oxygen atoms in total. The Hall–Kier alpha value is -0.610. The van der Waals surface area contributed by atoms with Gasteiger partial charge in [-0.2, -0.15) is 0 Å². The molecule has 1 fully saturated rings. The number of nitrogens with one attached hydrogen (secondary N) is 1.